The lowest BCUT2D eigenvalue weighted by molar-refractivity contribution is 0.0482. The average molecular weight is 308 g/mol. The van der Waals surface area contributed by atoms with Gasteiger partial charge in [0, 0.05) is 24.2 Å². The quantitative estimate of drug-likeness (QED) is 0.659. The van der Waals surface area contributed by atoms with E-state index in [1.54, 1.807) is 12.1 Å². The van der Waals surface area contributed by atoms with E-state index in [9.17, 15) is 9.90 Å². The van der Waals surface area contributed by atoms with Crippen molar-refractivity contribution < 1.29 is 19.7 Å². The van der Waals surface area contributed by atoms with Crippen LogP contribution < -0.4 is 0 Å². The van der Waals surface area contributed by atoms with Crippen molar-refractivity contribution >= 4 is 5.97 Å². The number of aliphatic hydroxyl groups excluding tert-OH is 1. The molecular formula is C18H28O4. The van der Waals surface area contributed by atoms with E-state index in [4.69, 9.17) is 9.84 Å². The topological polar surface area (TPSA) is 66.8 Å². The van der Waals surface area contributed by atoms with Crippen LogP contribution in [0.15, 0.2) is 12.1 Å². The number of phenols is 1. The van der Waals surface area contributed by atoms with Crippen LogP contribution in [-0.4, -0.2) is 29.4 Å². The average Bonchev–Trinajstić information content (AvgIpc) is 2.36. The molecule has 0 aromatic heterocycles. The standard InChI is InChI=1S/C18H28O4/c1-17(2,3)13-10-12(16(21)22-9-7-8-19)11-14(15(13)20)18(4,5)6/h10-11,19-20H,7-9H2,1-6H3. The van der Waals surface area contributed by atoms with Gasteiger partial charge in [0.05, 0.1) is 12.2 Å². The fourth-order valence-corrected chi connectivity index (χ4v) is 2.21. The monoisotopic (exact) mass is 308 g/mol. The Balaban J connectivity index is 3.32. The van der Waals surface area contributed by atoms with E-state index in [1.165, 1.54) is 0 Å². The fourth-order valence-electron chi connectivity index (χ4n) is 2.21. The number of esters is 1. The van der Waals surface area contributed by atoms with Crippen molar-refractivity contribution in [2.75, 3.05) is 13.2 Å². The minimum Gasteiger partial charge on any atom is -0.507 e. The summed E-state index contributed by atoms with van der Waals surface area (Å²) in [5, 5.41) is 19.4. The Labute approximate surface area is 133 Å². The van der Waals surface area contributed by atoms with E-state index >= 15 is 0 Å². The SMILES string of the molecule is CC(C)(C)c1cc(C(=O)OCCCO)cc(C(C)(C)C)c1O. The summed E-state index contributed by atoms with van der Waals surface area (Å²) in [4.78, 5) is 12.2. The molecule has 0 bridgehead atoms. The molecule has 1 aromatic carbocycles. The van der Waals surface area contributed by atoms with Gasteiger partial charge in [0.1, 0.15) is 5.75 Å². The van der Waals surface area contributed by atoms with Crippen molar-refractivity contribution in [1.82, 2.24) is 0 Å². The number of benzene rings is 1. The van der Waals surface area contributed by atoms with Crippen LogP contribution >= 0.6 is 0 Å². The van der Waals surface area contributed by atoms with Crippen LogP contribution in [0.2, 0.25) is 0 Å². The molecule has 22 heavy (non-hydrogen) atoms. The second-order valence-corrected chi connectivity index (χ2v) is 7.63. The zero-order valence-electron chi connectivity index (χ0n) is 14.5. The summed E-state index contributed by atoms with van der Waals surface area (Å²) in [6.45, 7) is 12.1. The Morgan fingerprint density at radius 1 is 1.05 bits per heavy atom. The van der Waals surface area contributed by atoms with E-state index in [0.717, 1.165) is 11.1 Å². The first kappa shape index (κ1) is 18.5. The van der Waals surface area contributed by atoms with Crippen LogP contribution in [-0.2, 0) is 15.6 Å². The molecule has 0 fully saturated rings. The predicted octanol–water partition coefficient (Wildman–Crippen LogP) is 3.53. The molecule has 0 aliphatic carbocycles. The van der Waals surface area contributed by atoms with Gasteiger partial charge >= 0.3 is 5.97 Å². The number of ether oxygens (including phenoxy) is 1. The van der Waals surface area contributed by atoms with Gasteiger partial charge in [0.2, 0.25) is 0 Å². The third-order valence-electron chi connectivity index (χ3n) is 3.50. The number of rotatable bonds is 4. The molecule has 4 heteroatoms. The van der Waals surface area contributed by atoms with Gasteiger partial charge in [-0.25, -0.2) is 4.79 Å². The van der Waals surface area contributed by atoms with E-state index in [1.807, 2.05) is 41.5 Å². The van der Waals surface area contributed by atoms with E-state index in [2.05, 4.69) is 0 Å². The highest BCUT2D eigenvalue weighted by molar-refractivity contribution is 5.90. The van der Waals surface area contributed by atoms with Gasteiger partial charge in [-0.05, 0) is 23.0 Å². The van der Waals surface area contributed by atoms with Crippen molar-refractivity contribution in [2.45, 2.75) is 58.8 Å². The van der Waals surface area contributed by atoms with Crippen LogP contribution in [0.3, 0.4) is 0 Å². The molecule has 0 aliphatic heterocycles. The predicted molar refractivity (Wildman–Crippen MR) is 87.5 cm³/mol. The Morgan fingerprint density at radius 3 is 1.86 bits per heavy atom. The Kier molecular flexibility index (Phi) is 5.63. The second kappa shape index (κ2) is 6.69. The largest absolute Gasteiger partial charge is 0.507 e. The smallest absolute Gasteiger partial charge is 0.338 e. The molecule has 0 amide bonds. The van der Waals surface area contributed by atoms with Crippen molar-refractivity contribution in [3.63, 3.8) is 0 Å². The van der Waals surface area contributed by atoms with Crippen molar-refractivity contribution in [3.8, 4) is 5.75 Å². The maximum Gasteiger partial charge on any atom is 0.338 e. The highest BCUT2D eigenvalue weighted by atomic mass is 16.5. The summed E-state index contributed by atoms with van der Waals surface area (Å²) in [6.07, 6.45) is 0.419. The second-order valence-electron chi connectivity index (χ2n) is 7.63. The normalized spacial score (nSPS) is 12.3. The highest BCUT2D eigenvalue weighted by Crippen LogP contribution is 2.39. The Hall–Kier alpha value is -1.55. The van der Waals surface area contributed by atoms with Gasteiger partial charge in [-0.1, -0.05) is 41.5 Å². The molecule has 0 aliphatic rings. The van der Waals surface area contributed by atoms with Crippen molar-refractivity contribution in [3.05, 3.63) is 28.8 Å². The lowest BCUT2D eigenvalue weighted by atomic mass is 9.78. The summed E-state index contributed by atoms with van der Waals surface area (Å²) in [5.41, 5.74) is 1.32. The molecule has 1 rings (SSSR count). The first-order chi connectivity index (χ1) is 9.98. The zero-order valence-corrected chi connectivity index (χ0v) is 14.5. The van der Waals surface area contributed by atoms with Crippen molar-refractivity contribution in [2.24, 2.45) is 0 Å². The molecular weight excluding hydrogens is 280 g/mol. The number of hydrogen-bond donors (Lipinski definition) is 2. The molecule has 0 saturated heterocycles. The van der Waals surface area contributed by atoms with Gasteiger partial charge in [-0.2, -0.15) is 0 Å². The van der Waals surface area contributed by atoms with Crippen LogP contribution in [0.4, 0.5) is 0 Å². The molecule has 0 unspecified atom stereocenters. The van der Waals surface area contributed by atoms with Gasteiger partial charge < -0.3 is 14.9 Å². The molecule has 4 nitrogen and oxygen atoms in total. The maximum absolute atomic E-state index is 12.2. The number of carbonyl (C=O) groups is 1. The summed E-state index contributed by atoms with van der Waals surface area (Å²) in [7, 11) is 0. The fraction of sp³-hybridized carbons (Fsp3) is 0.611. The van der Waals surface area contributed by atoms with Gasteiger partial charge in [-0.3, -0.25) is 0 Å². The number of aliphatic hydroxyl groups is 1. The maximum atomic E-state index is 12.2. The van der Waals surface area contributed by atoms with E-state index in [0.29, 0.717) is 12.0 Å². The third-order valence-corrected chi connectivity index (χ3v) is 3.50. The Bertz CT molecular complexity index is 498. The van der Waals surface area contributed by atoms with Gasteiger partial charge in [-0.15, -0.1) is 0 Å². The minimum absolute atomic E-state index is 0.0106. The molecule has 1 aromatic rings. The van der Waals surface area contributed by atoms with Crippen LogP contribution in [0, 0.1) is 0 Å². The van der Waals surface area contributed by atoms with Gasteiger partial charge in [0.15, 0.2) is 0 Å². The van der Waals surface area contributed by atoms with Crippen LogP contribution in [0.1, 0.15) is 69.4 Å². The number of aromatic hydroxyl groups is 1. The first-order valence-electron chi connectivity index (χ1n) is 7.64. The zero-order chi connectivity index (χ0) is 17.1. The molecule has 0 heterocycles. The molecule has 124 valence electrons. The number of phenolic OH excluding ortho intramolecular Hbond substituents is 1. The third kappa shape index (κ3) is 4.47. The molecule has 0 saturated carbocycles. The van der Waals surface area contributed by atoms with Gasteiger partial charge in [0.25, 0.3) is 0 Å². The number of carbonyl (C=O) groups excluding carboxylic acids is 1. The van der Waals surface area contributed by atoms with E-state index in [-0.39, 0.29) is 29.8 Å². The first-order valence-corrected chi connectivity index (χ1v) is 7.64. The molecule has 0 atom stereocenters. The van der Waals surface area contributed by atoms with Crippen LogP contribution in [0.5, 0.6) is 5.75 Å². The summed E-state index contributed by atoms with van der Waals surface area (Å²) in [6, 6.07) is 3.40. The number of hydrogen-bond acceptors (Lipinski definition) is 4. The summed E-state index contributed by atoms with van der Waals surface area (Å²) in [5.74, 6) is -0.184. The molecule has 0 radical (unpaired) electrons. The van der Waals surface area contributed by atoms with Crippen LogP contribution in [0.25, 0.3) is 0 Å². The highest BCUT2D eigenvalue weighted by Gasteiger charge is 2.28. The molecule has 0 spiro atoms. The summed E-state index contributed by atoms with van der Waals surface area (Å²) < 4.78 is 5.16. The molecule has 2 N–H and O–H groups in total. The minimum atomic E-state index is -0.426. The lowest BCUT2D eigenvalue weighted by Crippen LogP contribution is -2.19. The Morgan fingerprint density at radius 2 is 1.50 bits per heavy atom. The summed E-state index contributed by atoms with van der Waals surface area (Å²) >= 11 is 0. The van der Waals surface area contributed by atoms with E-state index < -0.39 is 5.97 Å². The lowest BCUT2D eigenvalue weighted by Gasteiger charge is -2.27. The van der Waals surface area contributed by atoms with Crippen molar-refractivity contribution in [1.29, 1.82) is 0 Å².